The van der Waals surface area contributed by atoms with E-state index >= 15 is 0 Å². The molecule has 0 heterocycles. The van der Waals surface area contributed by atoms with E-state index in [1.54, 1.807) is 0 Å². The fraction of sp³-hybridized carbons (Fsp3) is 0.500. The van der Waals surface area contributed by atoms with Crippen molar-refractivity contribution in [2.24, 2.45) is 0 Å². The van der Waals surface area contributed by atoms with E-state index in [2.05, 4.69) is 36.5 Å². The molecule has 0 radical (unpaired) electrons. The normalized spacial score (nSPS) is 12.8. The Balaban J connectivity index is 2.73. The highest BCUT2D eigenvalue weighted by Crippen LogP contribution is 2.20. The van der Waals surface area contributed by atoms with Crippen LogP contribution in [0, 0.1) is 6.92 Å². The van der Waals surface area contributed by atoms with Crippen molar-refractivity contribution >= 4 is 0 Å². The van der Waals surface area contributed by atoms with Gasteiger partial charge in [0.05, 0.1) is 0 Å². The summed E-state index contributed by atoms with van der Waals surface area (Å²) in [5.41, 5.74) is 2.65. The summed E-state index contributed by atoms with van der Waals surface area (Å²) < 4.78 is 0. The van der Waals surface area contributed by atoms with E-state index in [9.17, 15) is 0 Å². The lowest BCUT2D eigenvalue weighted by molar-refractivity contribution is 0.276. The fourth-order valence-corrected chi connectivity index (χ4v) is 1.73. The third-order valence-electron chi connectivity index (χ3n) is 2.56. The Labute approximate surface area is 86.0 Å². The van der Waals surface area contributed by atoms with Gasteiger partial charge in [0.1, 0.15) is 0 Å². The van der Waals surface area contributed by atoms with Crippen molar-refractivity contribution in [3.8, 4) is 0 Å². The molecular formula is C12H19NO. The van der Waals surface area contributed by atoms with Crippen LogP contribution < -0.4 is 5.32 Å². The van der Waals surface area contributed by atoms with Gasteiger partial charge in [-0.2, -0.15) is 0 Å². The molecule has 0 aliphatic carbocycles. The maximum absolute atomic E-state index is 8.80. The molecule has 2 heteroatoms. The second-order valence-corrected chi connectivity index (χ2v) is 3.56. The highest BCUT2D eigenvalue weighted by Gasteiger charge is 2.09. The highest BCUT2D eigenvalue weighted by atomic mass is 16.2. The molecule has 1 aromatic carbocycles. The Morgan fingerprint density at radius 1 is 1.36 bits per heavy atom. The second kappa shape index (κ2) is 5.78. The standard InChI is InChI=1S/C12H19NO/c1-10-6-3-4-7-11(10)12(13-2)8-5-9-14/h3-4,6-7,12-14H,5,8-9H2,1-2H3. The zero-order chi connectivity index (χ0) is 10.4. The minimum absolute atomic E-state index is 0.268. The number of hydrogen-bond donors (Lipinski definition) is 2. The number of nitrogens with one attached hydrogen (secondary N) is 1. The first kappa shape index (κ1) is 11.2. The van der Waals surface area contributed by atoms with Gasteiger partial charge in [-0.1, -0.05) is 24.3 Å². The Hall–Kier alpha value is -0.860. The molecule has 1 unspecified atom stereocenters. The maximum Gasteiger partial charge on any atom is 0.0431 e. The summed E-state index contributed by atoms with van der Waals surface area (Å²) in [6.45, 7) is 2.39. The van der Waals surface area contributed by atoms with Crippen LogP contribution in [0.1, 0.15) is 30.0 Å². The molecule has 2 nitrogen and oxygen atoms in total. The lowest BCUT2D eigenvalue weighted by Crippen LogP contribution is -2.17. The minimum Gasteiger partial charge on any atom is -0.396 e. The van der Waals surface area contributed by atoms with Crippen molar-refractivity contribution in [2.45, 2.75) is 25.8 Å². The average molecular weight is 193 g/mol. The van der Waals surface area contributed by atoms with Gasteiger partial charge in [-0.3, -0.25) is 0 Å². The van der Waals surface area contributed by atoms with Gasteiger partial charge in [0.25, 0.3) is 0 Å². The van der Waals surface area contributed by atoms with Gasteiger partial charge in [0, 0.05) is 12.6 Å². The molecular weight excluding hydrogens is 174 g/mol. The molecule has 1 aromatic rings. The molecule has 0 fully saturated rings. The number of aryl methyl sites for hydroxylation is 1. The van der Waals surface area contributed by atoms with Crippen LogP contribution in [0.5, 0.6) is 0 Å². The zero-order valence-electron chi connectivity index (χ0n) is 8.96. The number of aliphatic hydroxyl groups excluding tert-OH is 1. The number of hydrogen-bond acceptors (Lipinski definition) is 2. The molecule has 14 heavy (non-hydrogen) atoms. The Morgan fingerprint density at radius 3 is 2.64 bits per heavy atom. The second-order valence-electron chi connectivity index (χ2n) is 3.56. The van der Waals surface area contributed by atoms with E-state index in [0.29, 0.717) is 6.04 Å². The summed E-state index contributed by atoms with van der Waals surface area (Å²) in [5, 5.41) is 12.1. The summed E-state index contributed by atoms with van der Waals surface area (Å²) in [5.74, 6) is 0. The summed E-state index contributed by atoms with van der Waals surface area (Å²) in [6, 6.07) is 8.75. The number of benzene rings is 1. The van der Waals surface area contributed by atoms with E-state index < -0.39 is 0 Å². The maximum atomic E-state index is 8.80. The Kier molecular flexibility index (Phi) is 4.63. The van der Waals surface area contributed by atoms with E-state index in [0.717, 1.165) is 12.8 Å². The van der Waals surface area contributed by atoms with Crippen LogP contribution in [-0.4, -0.2) is 18.8 Å². The first-order chi connectivity index (χ1) is 6.79. The van der Waals surface area contributed by atoms with Crippen molar-refractivity contribution in [3.63, 3.8) is 0 Å². The lowest BCUT2D eigenvalue weighted by Gasteiger charge is -2.18. The predicted molar refractivity (Wildman–Crippen MR) is 59.3 cm³/mol. The molecule has 0 aliphatic heterocycles. The monoisotopic (exact) mass is 193 g/mol. The Bertz CT molecular complexity index is 273. The molecule has 0 saturated heterocycles. The van der Waals surface area contributed by atoms with Crippen molar-refractivity contribution in [3.05, 3.63) is 35.4 Å². The first-order valence-corrected chi connectivity index (χ1v) is 5.13. The van der Waals surface area contributed by atoms with Crippen LogP contribution in [0.2, 0.25) is 0 Å². The van der Waals surface area contributed by atoms with Crippen LogP contribution >= 0.6 is 0 Å². The van der Waals surface area contributed by atoms with Crippen molar-refractivity contribution in [2.75, 3.05) is 13.7 Å². The van der Waals surface area contributed by atoms with Crippen molar-refractivity contribution in [1.29, 1.82) is 0 Å². The van der Waals surface area contributed by atoms with Crippen molar-refractivity contribution < 1.29 is 5.11 Å². The van der Waals surface area contributed by atoms with Crippen molar-refractivity contribution in [1.82, 2.24) is 5.32 Å². The van der Waals surface area contributed by atoms with E-state index in [4.69, 9.17) is 5.11 Å². The van der Waals surface area contributed by atoms with Gasteiger partial charge < -0.3 is 10.4 Å². The fourth-order valence-electron chi connectivity index (χ4n) is 1.73. The summed E-state index contributed by atoms with van der Waals surface area (Å²) in [6.07, 6.45) is 1.83. The SMILES string of the molecule is CNC(CCCO)c1ccccc1C. The van der Waals surface area contributed by atoms with Gasteiger partial charge in [-0.25, -0.2) is 0 Å². The summed E-state index contributed by atoms with van der Waals surface area (Å²) >= 11 is 0. The van der Waals surface area contributed by atoms with Gasteiger partial charge in [0.15, 0.2) is 0 Å². The third kappa shape index (κ3) is 2.82. The molecule has 0 spiro atoms. The molecule has 0 aliphatic rings. The Morgan fingerprint density at radius 2 is 2.07 bits per heavy atom. The van der Waals surface area contributed by atoms with E-state index in [1.807, 2.05) is 7.05 Å². The van der Waals surface area contributed by atoms with Gasteiger partial charge in [0.2, 0.25) is 0 Å². The van der Waals surface area contributed by atoms with Crippen LogP contribution in [0.4, 0.5) is 0 Å². The quantitative estimate of drug-likeness (QED) is 0.750. The van der Waals surface area contributed by atoms with Gasteiger partial charge >= 0.3 is 0 Å². The molecule has 0 amide bonds. The molecule has 0 saturated carbocycles. The highest BCUT2D eigenvalue weighted by molar-refractivity contribution is 5.28. The first-order valence-electron chi connectivity index (χ1n) is 5.13. The number of rotatable bonds is 5. The molecule has 78 valence electrons. The minimum atomic E-state index is 0.268. The molecule has 1 rings (SSSR count). The molecule has 1 atom stereocenters. The van der Waals surface area contributed by atoms with Gasteiger partial charge in [-0.15, -0.1) is 0 Å². The largest absolute Gasteiger partial charge is 0.396 e. The molecule has 2 N–H and O–H groups in total. The molecule has 0 aromatic heterocycles. The van der Waals surface area contributed by atoms with E-state index in [1.165, 1.54) is 11.1 Å². The smallest absolute Gasteiger partial charge is 0.0431 e. The van der Waals surface area contributed by atoms with Crippen LogP contribution in [0.25, 0.3) is 0 Å². The summed E-state index contributed by atoms with van der Waals surface area (Å²) in [4.78, 5) is 0. The predicted octanol–water partition coefficient (Wildman–Crippen LogP) is 2.03. The summed E-state index contributed by atoms with van der Waals surface area (Å²) in [7, 11) is 1.97. The zero-order valence-corrected chi connectivity index (χ0v) is 8.96. The molecule has 0 bridgehead atoms. The topological polar surface area (TPSA) is 32.3 Å². The average Bonchev–Trinajstić information content (AvgIpc) is 2.21. The number of aliphatic hydroxyl groups is 1. The van der Waals surface area contributed by atoms with Crippen LogP contribution in [-0.2, 0) is 0 Å². The lowest BCUT2D eigenvalue weighted by atomic mass is 9.98. The van der Waals surface area contributed by atoms with Crippen LogP contribution in [0.15, 0.2) is 24.3 Å². The van der Waals surface area contributed by atoms with E-state index in [-0.39, 0.29) is 6.61 Å². The van der Waals surface area contributed by atoms with Crippen LogP contribution in [0.3, 0.4) is 0 Å². The third-order valence-corrected chi connectivity index (χ3v) is 2.56. The van der Waals surface area contributed by atoms with Gasteiger partial charge in [-0.05, 0) is 37.9 Å².